The Balaban J connectivity index is 2.88. The normalized spacial score (nSPS) is 10.3. The lowest BCUT2D eigenvalue weighted by Gasteiger charge is -1.87. The van der Waals surface area contributed by atoms with Gasteiger partial charge in [-0.05, 0) is 6.07 Å². The smallest absolute Gasteiger partial charge is 0.295 e. The van der Waals surface area contributed by atoms with Gasteiger partial charge in [0.25, 0.3) is 6.43 Å². The third-order valence-corrected chi connectivity index (χ3v) is 0.991. The summed E-state index contributed by atoms with van der Waals surface area (Å²) >= 11 is 0. The minimum absolute atomic E-state index is 0.135. The molecule has 1 rings (SSSR count). The second-order valence-corrected chi connectivity index (χ2v) is 1.70. The lowest BCUT2D eigenvalue weighted by molar-refractivity contribution is 0.112. The van der Waals surface area contributed by atoms with Gasteiger partial charge in [0.15, 0.2) is 12.0 Å². The zero-order valence-electron chi connectivity index (χ0n) is 4.88. The van der Waals surface area contributed by atoms with Crippen LogP contribution in [0.15, 0.2) is 16.7 Å². The highest BCUT2D eigenvalue weighted by Crippen LogP contribution is 2.19. The molecule has 2 nitrogen and oxygen atoms in total. The number of carbonyl (C=O) groups is 1. The Labute approximate surface area is 55.4 Å². The molecule has 0 saturated heterocycles. The van der Waals surface area contributed by atoms with Crippen molar-refractivity contribution in [2.75, 3.05) is 0 Å². The van der Waals surface area contributed by atoms with Crippen molar-refractivity contribution in [3.05, 3.63) is 23.7 Å². The van der Waals surface area contributed by atoms with E-state index in [-0.39, 0.29) is 5.56 Å². The summed E-state index contributed by atoms with van der Waals surface area (Å²) in [6.07, 6.45) is -1.20. The predicted molar refractivity (Wildman–Crippen MR) is 29.1 cm³/mol. The predicted octanol–water partition coefficient (Wildman–Crippen LogP) is 2.03. The maximum absolute atomic E-state index is 11.7. The molecule has 0 N–H and O–H groups in total. The SMILES string of the molecule is O=Cc1coc(C(F)F)c1. The van der Waals surface area contributed by atoms with E-state index in [4.69, 9.17) is 0 Å². The van der Waals surface area contributed by atoms with Crippen LogP contribution in [0.1, 0.15) is 22.5 Å². The molecular formula is C6H4F2O2. The van der Waals surface area contributed by atoms with Crippen LogP contribution in [0.25, 0.3) is 0 Å². The van der Waals surface area contributed by atoms with Gasteiger partial charge in [-0.25, -0.2) is 8.78 Å². The van der Waals surface area contributed by atoms with Crippen LogP contribution in [-0.2, 0) is 0 Å². The summed E-state index contributed by atoms with van der Waals surface area (Å²) in [6.45, 7) is 0. The van der Waals surface area contributed by atoms with Gasteiger partial charge in [-0.15, -0.1) is 0 Å². The van der Waals surface area contributed by atoms with Gasteiger partial charge >= 0.3 is 0 Å². The first-order valence-electron chi connectivity index (χ1n) is 2.56. The van der Waals surface area contributed by atoms with Crippen molar-refractivity contribution >= 4 is 6.29 Å². The van der Waals surface area contributed by atoms with Gasteiger partial charge in [-0.1, -0.05) is 0 Å². The van der Waals surface area contributed by atoms with E-state index in [1.807, 2.05) is 0 Å². The van der Waals surface area contributed by atoms with Gasteiger partial charge < -0.3 is 4.42 Å². The number of rotatable bonds is 2. The molecule has 0 aliphatic heterocycles. The number of hydrogen-bond donors (Lipinski definition) is 0. The van der Waals surface area contributed by atoms with E-state index in [0.717, 1.165) is 12.3 Å². The Morgan fingerprint density at radius 3 is 2.60 bits per heavy atom. The van der Waals surface area contributed by atoms with Gasteiger partial charge in [-0.3, -0.25) is 4.79 Å². The van der Waals surface area contributed by atoms with Crippen LogP contribution in [0.2, 0.25) is 0 Å². The molecule has 1 aromatic heterocycles. The maximum Gasteiger partial charge on any atom is 0.295 e. The molecule has 1 heterocycles. The third-order valence-electron chi connectivity index (χ3n) is 0.991. The Bertz CT molecular complexity index is 229. The molecule has 0 atom stereocenters. The molecule has 0 saturated carbocycles. The molecule has 0 aliphatic carbocycles. The van der Waals surface area contributed by atoms with Crippen molar-refractivity contribution in [2.45, 2.75) is 6.43 Å². The molecule has 10 heavy (non-hydrogen) atoms. The van der Waals surface area contributed by atoms with Gasteiger partial charge in [0.1, 0.15) is 6.26 Å². The molecular weight excluding hydrogens is 142 g/mol. The zero-order valence-corrected chi connectivity index (χ0v) is 4.88. The van der Waals surface area contributed by atoms with E-state index >= 15 is 0 Å². The Morgan fingerprint density at radius 1 is 1.60 bits per heavy atom. The molecule has 54 valence electrons. The van der Waals surface area contributed by atoms with Crippen LogP contribution in [0, 0.1) is 0 Å². The van der Waals surface area contributed by atoms with Crippen LogP contribution >= 0.6 is 0 Å². The van der Waals surface area contributed by atoms with Gasteiger partial charge in [0.2, 0.25) is 0 Å². The number of hydrogen-bond acceptors (Lipinski definition) is 2. The van der Waals surface area contributed by atoms with E-state index < -0.39 is 12.2 Å². The van der Waals surface area contributed by atoms with E-state index in [2.05, 4.69) is 4.42 Å². The first-order chi connectivity index (χ1) is 4.74. The largest absolute Gasteiger partial charge is 0.463 e. The van der Waals surface area contributed by atoms with Crippen molar-refractivity contribution in [3.63, 3.8) is 0 Å². The summed E-state index contributed by atoms with van der Waals surface area (Å²) in [5.41, 5.74) is 0.135. The van der Waals surface area contributed by atoms with E-state index in [1.165, 1.54) is 0 Å². The summed E-state index contributed by atoms with van der Waals surface area (Å²) in [7, 11) is 0. The maximum atomic E-state index is 11.7. The Hall–Kier alpha value is -1.19. The van der Waals surface area contributed by atoms with Gasteiger partial charge in [0, 0.05) is 0 Å². The van der Waals surface area contributed by atoms with E-state index in [9.17, 15) is 13.6 Å². The minimum atomic E-state index is -2.64. The number of alkyl halides is 2. The fraction of sp³-hybridized carbons (Fsp3) is 0.167. The van der Waals surface area contributed by atoms with E-state index in [0.29, 0.717) is 6.29 Å². The topological polar surface area (TPSA) is 30.2 Å². The van der Waals surface area contributed by atoms with Crippen molar-refractivity contribution < 1.29 is 18.0 Å². The van der Waals surface area contributed by atoms with Crippen molar-refractivity contribution in [1.82, 2.24) is 0 Å². The lowest BCUT2D eigenvalue weighted by Crippen LogP contribution is -1.76. The lowest BCUT2D eigenvalue weighted by atomic mass is 10.3. The fourth-order valence-corrected chi connectivity index (χ4v) is 0.545. The standard InChI is InChI=1S/C6H4F2O2/c7-6(8)5-1-4(2-9)3-10-5/h1-3,6H. The molecule has 0 amide bonds. The summed E-state index contributed by atoms with van der Waals surface area (Å²) in [5.74, 6) is -0.470. The second-order valence-electron chi connectivity index (χ2n) is 1.70. The summed E-state index contributed by atoms with van der Waals surface area (Å²) in [6, 6.07) is 1.01. The summed E-state index contributed by atoms with van der Waals surface area (Å²) in [4.78, 5) is 9.94. The number of furan rings is 1. The fourth-order valence-electron chi connectivity index (χ4n) is 0.545. The molecule has 0 fully saturated rings. The van der Waals surface area contributed by atoms with Crippen LogP contribution in [0.5, 0.6) is 0 Å². The molecule has 0 bridgehead atoms. The van der Waals surface area contributed by atoms with Crippen molar-refractivity contribution in [3.8, 4) is 0 Å². The number of carbonyl (C=O) groups excluding carboxylic acids is 1. The van der Waals surface area contributed by atoms with Gasteiger partial charge in [-0.2, -0.15) is 0 Å². The highest BCUT2D eigenvalue weighted by Gasteiger charge is 2.11. The van der Waals surface area contributed by atoms with Crippen molar-refractivity contribution in [2.24, 2.45) is 0 Å². The van der Waals surface area contributed by atoms with Crippen molar-refractivity contribution in [1.29, 1.82) is 0 Å². The first-order valence-corrected chi connectivity index (χ1v) is 2.56. The van der Waals surface area contributed by atoms with Crippen LogP contribution < -0.4 is 0 Å². The molecule has 0 radical (unpaired) electrons. The zero-order chi connectivity index (χ0) is 7.56. The highest BCUT2D eigenvalue weighted by atomic mass is 19.3. The number of aldehydes is 1. The van der Waals surface area contributed by atoms with Gasteiger partial charge in [0.05, 0.1) is 5.56 Å². The second kappa shape index (κ2) is 2.60. The van der Waals surface area contributed by atoms with Crippen LogP contribution in [0.4, 0.5) is 8.78 Å². The molecule has 1 aromatic rings. The summed E-state index contributed by atoms with van der Waals surface area (Å²) in [5, 5.41) is 0. The monoisotopic (exact) mass is 146 g/mol. The van der Waals surface area contributed by atoms with Crippen LogP contribution in [-0.4, -0.2) is 6.29 Å². The minimum Gasteiger partial charge on any atom is -0.463 e. The molecule has 4 heteroatoms. The quantitative estimate of drug-likeness (QED) is 0.597. The highest BCUT2D eigenvalue weighted by molar-refractivity contribution is 5.74. The first kappa shape index (κ1) is 6.92. The third kappa shape index (κ3) is 1.21. The average Bonchev–Trinajstić information content (AvgIpc) is 2.34. The molecule has 0 spiro atoms. The summed E-state index contributed by atoms with van der Waals surface area (Å²) < 4.78 is 27.7. The Morgan fingerprint density at radius 2 is 2.30 bits per heavy atom. The molecule has 0 unspecified atom stereocenters. The molecule has 0 aliphatic rings. The average molecular weight is 146 g/mol. The number of halogens is 2. The van der Waals surface area contributed by atoms with E-state index in [1.54, 1.807) is 0 Å². The molecule has 0 aromatic carbocycles. The Kier molecular flexibility index (Phi) is 1.80. The van der Waals surface area contributed by atoms with Crippen LogP contribution in [0.3, 0.4) is 0 Å².